The fourth-order valence-electron chi connectivity index (χ4n) is 2.51. The minimum absolute atomic E-state index is 0.241. The molecule has 0 saturated carbocycles. The number of aromatic amines is 1. The van der Waals surface area contributed by atoms with Gasteiger partial charge >= 0.3 is 6.03 Å². The van der Waals surface area contributed by atoms with Gasteiger partial charge in [-0.05, 0) is 61.4 Å². The van der Waals surface area contributed by atoms with E-state index in [-0.39, 0.29) is 6.03 Å². The Hall–Kier alpha value is -2.46. The number of aromatic nitrogens is 1. The number of H-pyrrole nitrogens is 1. The van der Waals surface area contributed by atoms with Gasteiger partial charge in [0.1, 0.15) is 0 Å². The summed E-state index contributed by atoms with van der Waals surface area (Å²) in [4.78, 5) is 15.3. The molecule has 2 amide bonds. The summed E-state index contributed by atoms with van der Waals surface area (Å²) in [6.45, 7) is 4.63. The number of hydrogen-bond donors (Lipinski definition) is 3. The molecule has 0 aliphatic heterocycles. The van der Waals surface area contributed by atoms with E-state index in [1.807, 2.05) is 12.1 Å². The van der Waals surface area contributed by atoms with E-state index in [0.29, 0.717) is 17.3 Å². The first-order chi connectivity index (χ1) is 11.0. The van der Waals surface area contributed by atoms with E-state index in [2.05, 4.69) is 35.5 Å². The van der Waals surface area contributed by atoms with Crippen molar-refractivity contribution in [3.63, 3.8) is 0 Å². The molecule has 0 aliphatic rings. The van der Waals surface area contributed by atoms with E-state index >= 15 is 0 Å². The summed E-state index contributed by atoms with van der Waals surface area (Å²) in [5.41, 5.74) is 5.30. The zero-order valence-electron chi connectivity index (χ0n) is 13.0. The molecule has 0 bridgehead atoms. The van der Waals surface area contributed by atoms with Crippen LogP contribution in [0.2, 0.25) is 5.02 Å². The van der Waals surface area contributed by atoms with E-state index in [0.717, 1.165) is 11.1 Å². The van der Waals surface area contributed by atoms with Crippen LogP contribution in [0.1, 0.15) is 16.8 Å². The second-order valence-corrected chi connectivity index (χ2v) is 6.01. The number of carbonyl (C=O) groups is 1. The van der Waals surface area contributed by atoms with E-state index in [9.17, 15) is 4.79 Å². The molecule has 118 valence electrons. The van der Waals surface area contributed by atoms with Gasteiger partial charge in [0.05, 0.1) is 0 Å². The van der Waals surface area contributed by atoms with Crippen LogP contribution in [0.5, 0.6) is 0 Å². The van der Waals surface area contributed by atoms with Crippen LogP contribution in [-0.4, -0.2) is 11.0 Å². The number of benzene rings is 2. The van der Waals surface area contributed by atoms with Crippen molar-refractivity contribution in [3.8, 4) is 0 Å². The number of rotatable bonds is 3. The van der Waals surface area contributed by atoms with Gasteiger partial charge in [0.15, 0.2) is 0 Å². The molecule has 0 radical (unpaired) electrons. The fourth-order valence-corrected chi connectivity index (χ4v) is 2.64. The highest BCUT2D eigenvalue weighted by Crippen LogP contribution is 2.22. The molecule has 0 saturated heterocycles. The van der Waals surface area contributed by atoms with Crippen LogP contribution in [0.4, 0.5) is 10.5 Å². The number of anilines is 1. The molecule has 3 N–H and O–H groups in total. The third-order valence-electron chi connectivity index (χ3n) is 3.93. The molecule has 0 fully saturated rings. The predicted octanol–water partition coefficient (Wildman–Crippen LogP) is 4.76. The number of hydrogen-bond acceptors (Lipinski definition) is 1. The Morgan fingerprint density at radius 1 is 1.13 bits per heavy atom. The zero-order valence-corrected chi connectivity index (χ0v) is 13.8. The van der Waals surface area contributed by atoms with Crippen LogP contribution < -0.4 is 10.6 Å². The lowest BCUT2D eigenvalue weighted by Gasteiger charge is -2.08. The Morgan fingerprint density at radius 3 is 2.61 bits per heavy atom. The first kappa shape index (κ1) is 15.4. The summed E-state index contributed by atoms with van der Waals surface area (Å²) in [7, 11) is 0. The van der Waals surface area contributed by atoms with Gasteiger partial charge in [-0.1, -0.05) is 17.7 Å². The van der Waals surface area contributed by atoms with Crippen molar-refractivity contribution in [1.82, 2.24) is 10.3 Å². The predicted molar refractivity (Wildman–Crippen MR) is 95.1 cm³/mol. The molecule has 1 heterocycles. The first-order valence-corrected chi connectivity index (χ1v) is 7.79. The maximum atomic E-state index is 11.9. The third-order valence-corrected chi connectivity index (χ3v) is 4.18. The standard InChI is InChI=1S/C18H18ClN3O/c1-11-12(2)21-17-8-3-13(9-16(11)17)10-20-18(23)22-15-6-4-14(19)5-7-15/h3-9,21H,10H2,1-2H3,(H2,20,22,23). The first-order valence-electron chi connectivity index (χ1n) is 7.41. The minimum Gasteiger partial charge on any atom is -0.358 e. The maximum absolute atomic E-state index is 11.9. The van der Waals surface area contributed by atoms with E-state index in [4.69, 9.17) is 11.6 Å². The Morgan fingerprint density at radius 2 is 1.87 bits per heavy atom. The maximum Gasteiger partial charge on any atom is 0.319 e. The number of halogens is 1. The van der Waals surface area contributed by atoms with E-state index < -0.39 is 0 Å². The van der Waals surface area contributed by atoms with Gasteiger partial charge in [-0.3, -0.25) is 0 Å². The van der Waals surface area contributed by atoms with Crippen LogP contribution in [-0.2, 0) is 6.54 Å². The molecule has 0 spiro atoms. The highest BCUT2D eigenvalue weighted by atomic mass is 35.5. The van der Waals surface area contributed by atoms with Gasteiger partial charge in [0.2, 0.25) is 0 Å². The highest BCUT2D eigenvalue weighted by molar-refractivity contribution is 6.30. The largest absolute Gasteiger partial charge is 0.358 e. The molecule has 0 atom stereocenters. The summed E-state index contributed by atoms with van der Waals surface area (Å²) >= 11 is 5.82. The molecule has 3 aromatic rings. The second kappa shape index (κ2) is 6.34. The van der Waals surface area contributed by atoms with Crippen molar-refractivity contribution >= 4 is 34.2 Å². The summed E-state index contributed by atoms with van der Waals surface area (Å²) in [6, 6.07) is 12.9. The van der Waals surface area contributed by atoms with Crippen LogP contribution >= 0.6 is 11.6 Å². The highest BCUT2D eigenvalue weighted by Gasteiger charge is 2.06. The van der Waals surface area contributed by atoms with E-state index in [1.165, 1.54) is 16.6 Å². The van der Waals surface area contributed by atoms with Crippen LogP contribution in [0.25, 0.3) is 10.9 Å². The normalized spacial score (nSPS) is 10.7. The molecule has 2 aromatic carbocycles. The molecule has 0 unspecified atom stereocenters. The summed E-state index contributed by atoms with van der Waals surface area (Å²) in [5.74, 6) is 0. The van der Waals surface area contributed by atoms with Crippen molar-refractivity contribution in [2.24, 2.45) is 0 Å². The third kappa shape index (κ3) is 3.48. The van der Waals surface area contributed by atoms with Crippen molar-refractivity contribution < 1.29 is 4.79 Å². The Labute approximate surface area is 139 Å². The fraction of sp³-hybridized carbons (Fsp3) is 0.167. The average molecular weight is 328 g/mol. The summed E-state index contributed by atoms with van der Waals surface area (Å²) < 4.78 is 0. The van der Waals surface area contributed by atoms with Crippen molar-refractivity contribution in [2.75, 3.05) is 5.32 Å². The van der Waals surface area contributed by atoms with Gasteiger partial charge in [0.25, 0.3) is 0 Å². The monoisotopic (exact) mass is 327 g/mol. The number of aryl methyl sites for hydroxylation is 2. The molecule has 3 rings (SSSR count). The smallest absolute Gasteiger partial charge is 0.319 e. The molecular weight excluding hydrogens is 310 g/mol. The summed E-state index contributed by atoms with van der Waals surface area (Å²) in [5, 5.41) is 7.47. The Balaban J connectivity index is 1.64. The quantitative estimate of drug-likeness (QED) is 0.638. The molecule has 0 aliphatic carbocycles. The SMILES string of the molecule is Cc1[nH]c2ccc(CNC(=O)Nc3ccc(Cl)cc3)cc2c1C. The lowest BCUT2D eigenvalue weighted by atomic mass is 10.1. The number of nitrogens with one attached hydrogen (secondary N) is 3. The van der Waals surface area contributed by atoms with Crippen molar-refractivity contribution in [3.05, 3.63) is 64.3 Å². The minimum atomic E-state index is -0.241. The van der Waals surface area contributed by atoms with Gasteiger partial charge in [-0.15, -0.1) is 0 Å². The number of urea groups is 1. The van der Waals surface area contributed by atoms with Crippen LogP contribution in [0.3, 0.4) is 0 Å². The summed E-state index contributed by atoms with van der Waals surface area (Å²) in [6.07, 6.45) is 0. The van der Waals surface area contributed by atoms with Gasteiger partial charge in [-0.25, -0.2) is 4.79 Å². The molecule has 1 aromatic heterocycles. The Bertz CT molecular complexity index is 853. The van der Waals surface area contributed by atoms with Gasteiger partial charge < -0.3 is 15.6 Å². The number of fused-ring (bicyclic) bond motifs is 1. The lowest BCUT2D eigenvalue weighted by Crippen LogP contribution is -2.28. The molecule has 5 heteroatoms. The van der Waals surface area contributed by atoms with Gasteiger partial charge in [-0.2, -0.15) is 0 Å². The molecule has 23 heavy (non-hydrogen) atoms. The molecule has 4 nitrogen and oxygen atoms in total. The second-order valence-electron chi connectivity index (χ2n) is 5.57. The topological polar surface area (TPSA) is 56.9 Å². The van der Waals surface area contributed by atoms with E-state index in [1.54, 1.807) is 24.3 Å². The molecular formula is C18H18ClN3O. The van der Waals surface area contributed by atoms with Crippen LogP contribution in [0, 0.1) is 13.8 Å². The Kier molecular flexibility index (Phi) is 4.26. The number of amides is 2. The van der Waals surface area contributed by atoms with Crippen molar-refractivity contribution in [2.45, 2.75) is 20.4 Å². The average Bonchev–Trinajstić information content (AvgIpc) is 2.82. The van der Waals surface area contributed by atoms with Crippen LogP contribution in [0.15, 0.2) is 42.5 Å². The zero-order chi connectivity index (χ0) is 16.4. The lowest BCUT2D eigenvalue weighted by molar-refractivity contribution is 0.251. The number of carbonyl (C=O) groups excluding carboxylic acids is 1. The van der Waals surface area contributed by atoms with Gasteiger partial charge in [0, 0.05) is 33.9 Å². The van der Waals surface area contributed by atoms with Crippen molar-refractivity contribution in [1.29, 1.82) is 0 Å².